The van der Waals surface area contributed by atoms with Crippen LogP contribution in [0.25, 0.3) is 0 Å². The van der Waals surface area contributed by atoms with Gasteiger partial charge in [-0.25, -0.2) is 0 Å². The van der Waals surface area contributed by atoms with Crippen molar-refractivity contribution >= 4 is 0 Å². The van der Waals surface area contributed by atoms with Crippen LogP contribution in [-0.2, 0) is 0 Å². The van der Waals surface area contributed by atoms with Crippen molar-refractivity contribution in [3.8, 4) is 0 Å². The van der Waals surface area contributed by atoms with Crippen LogP contribution < -0.4 is 5.73 Å². The van der Waals surface area contributed by atoms with Gasteiger partial charge in [-0.05, 0) is 13.0 Å². The fourth-order valence-corrected chi connectivity index (χ4v) is 2.69. The van der Waals surface area contributed by atoms with Crippen molar-refractivity contribution in [1.82, 2.24) is 0 Å². The highest BCUT2D eigenvalue weighted by atomic mass is 14.5. The minimum atomic E-state index is 0.873. The molecular weight excluding hydrogens is 266 g/mol. The Kier molecular flexibility index (Phi) is 27.4. The third-order valence-electron chi connectivity index (χ3n) is 4.06. The molecule has 0 aliphatic carbocycles. The number of unbranched alkanes of at least 4 members (excludes halogenated alkanes) is 15. The Morgan fingerprint density at radius 1 is 0.545 bits per heavy atom. The summed E-state index contributed by atoms with van der Waals surface area (Å²) in [5.41, 5.74) is 7.73. The van der Waals surface area contributed by atoms with E-state index in [-0.39, 0.29) is 0 Å². The largest absolute Gasteiger partial charge is 0.330 e. The second-order valence-electron chi connectivity index (χ2n) is 6.34. The van der Waals surface area contributed by atoms with Crippen molar-refractivity contribution in [2.75, 3.05) is 6.54 Å². The van der Waals surface area contributed by atoms with Crippen LogP contribution in [0.4, 0.5) is 0 Å². The average molecular weight is 310 g/mol. The van der Waals surface area contributed by atoms with Crippen molar-refractivity contribution in [2.45, 2.75) is 110 Å². The fourth-order valence-electron chi connectivity index (χ4n) is 2.69. The molecule has 1 heteroatoms. The van der Waals surface area contributed by atoms with E-state index in [1.165, 1.54) is 103 Å². The van der Waals surface area contributed by atoms with Gasteiger partial charge in [0.2, 0.25) is 0 Å². The van der Waals surface area contributed by atoms with Crippen molar-refractivity contribution in [1.29, 1.82) is 0 Å². The standard InChI is InChI=1S/C18H39N.C3H4/c1-2-3-4-5-6-7-8-9-10-11-12-13-14-15-16-17-18-19;1-3-2/h2-19H2,1H3;1-2H2. The summed E-state index contributed by atoms with van der Waals surface area (Å²) in [7, 11) is 0. The van der Waals surface area contributed by atoms with Crippen molar-refractivity contribution < 1.29 is 0 Å². The van der Waals surface area contributed by atoms with Crippen molar-refractivity contribution in [2.24, 2.45) is 5.73 Å². The average Bonchev–Trinajstić information content (AvgIpc) is 2.52. The first-order valence-corrected chi connectivity index (χ1v) is 9.82. The molecule has 0 fully saturated rings. The Labute approximate surface area is 141 Å². The highest BCUT2D eigenvalue weighted by molar-refractivity contribution is 4.52. The summed E-state index contributed by atoms with van der Waals surface area (Å²) in [6.45, 7) is 9.41. The number of nitrogens with two attached hydrogens (primary N) is 1. The van der Waals surface area contributed by atoms with E-state index in [1.807, 2.05) is 0 Å². The van der Waals surface area contributed by atoms with Crippen LogP contribution >= 0.6 is 0 Å². The molecule has 0 saturated carbocycles. The highest BCUT2D eigenvalue weighted by Crippen LogP contribution is 2.13. The zero-order chi connectivity index (χ0) is 16.7. The maximum absolute atomic E-state index is 5.48. The quantitative estimate of drug-likeness (QED) is 0.237. The Morgan fingerprint density at radius 3 is 1.00 bits per heavy atom. The van der Waals surface area contributed by atoms with Crippen molar-refractivity contribution in [3.05, 3.63) is 18.9 Å². The second-order valence-corrected chi connectivity index (χ2v) is 6.34. The molecular formula is C21H43N. The zero-order valence-corrected chi connectivity index (χ0v) is 15.5. The number of hydrogen-bond acceptors (Lipinski definition) is 1. The second kappa shape index (κ2) is 25.4. The van der Waals surface area contributed by atoms with E-state index in [1.54, 1.807) is 0 Å². The molecule has 0 aliphatic rings. The summed E-state index contributed by atoms with van der Waals surface area (Å²) < 4.78 is 0. The van der Waals surface area contributed by atoms with Gasteiger partial charge in [0.15, 0.2) is 0 Å². The van der Waals surface area contributed by atoms with Gasteiger partial charge in [0.25, 0.3) is 0 Å². The lowest BCUT2D eigenvalue weighted by Gasteiger charge is -2.03. The van der Waals surface area contributed by atoms with Crippen LogP contribution in [0.1, 0.15) is 110 Å². The summed E-state index contributed by atoms with van der Waals surface area (Å²) in [5, 5.41) is 0. The fraction of sp³-hybridized carbons (Fsp3) is 0.857. The smallest absolute Gasteiger partial charge is 0.00773 e. The van der Waals surface area contributed by atoms with E-state index in [0.717, 1.165) is 6.54 Å². The molecule has 0 spiro atoms. The summed E-state index contributed by atoms with van der Waals surface area (Å²) in [6.07, 6.45) is 22.9. The van der Waals surface area contributed by atoms with E-state index in [2.05, 4.69) is 25.8 Å². The van der Waals surface area contributed by atoms with Crippen LogP contribution in [-0.4, -0.2) is 6.54 Å². The maximum atomic E-state index is 5.48. The Morgan fingerprint density at radius 2 is 0.773 bits per heavy atom. The minimum absolute atomic E-state index is 0.873. The van der Waals surface area contributed by atoms with Gasteiger partial charge >= 0.3 is 0 Å². The molecule has 0 atom stereocenters. The van der Waals surface area contributed by atoms with Gasteiger partial charge in [0.05, 0.1) is 0 Å². The molecule has 0 aromatic carbocycles. The first-order chi connectivity index (χ1) is 10.8. The molecule has 0 radical (unpaired) electrons. The molecule has 0 aromatic rings. The van der Waals surface area contributed by atoms with Gasteiger partial charge < -0.3 is 5.73 Å². The predicted octanol–water partition coefficient (Wildman–Crippen LogP) is 7.16. The highest BCUT2D eigenvalue weighted by Gasteiger charge is 1.94. The molecule has 0 rings (SSSR count). The van der Waals surface area contributed by atoms with Gasteiger partial charge in [0, 0.05) is 0 Å². The van der Waals surface area contributed by atoms with E-state index in [9.17, 15) is 0 Å². The van der Waals surface area contributed by atoms with Gasteiger partial charge in [-0.15, -0.1) is 5.73 Å². The monoisotopic (exact) mass is 309 g/mol. The van der Waals surface area contributed by atoms with Crippen LogP contribution in [0, 0.1) is 0 Å². The van der Waals surface area contributed by atoms with Gasteiger partial charge in [0.1, 0.15) is 0 Å². The lowest BCUT2D eigenvalue weighted by molar-refractivity contribution is 0.530. The normalized spacial score (nSPS) is 9.91. The molecule has 132 valence electrons. The molecule has 0 amide bonds. The third kappa shape index (κ3) is 27.8. The van der Waals surface area contributed by atoms with Gasteiger partial charge in [-0.3, -0.25) is 0 Å². The van der Waals surface area contributed by atoms with Crippen LogP contribution in [0.2, 0.25) is 0 Å². The maximum Gasteiger partial charge on any atom is -0.00773 e. The van der Waals surface area contributed by atoms with E-state index < -0.39 is 0 Å². The topological polar surface area (TPSA) is 26.0 Å². The molecule has 0 aliphatic heterocycles. The zero-order valence-electron chi connectivity index (χ0n) is 15.5. The van der Waals surface area contributed by atoms with E-state index in [4.69, 9.17) is 5.73 Å². The lowest BCUT2D eigenvalue weighted by Crippen LogP contribution is -1.97. The molecule has 22 heavy (non-hydrogen) atoms. The van der Waals surface area contributed by atoms with Crippen LogP contribution in [0.5, 0.6) is 0 Å². The molecule has 0 saturated heterocycles. The summed E-state index contributed by atoms with van der Waals surface area (Å²) in [5.74, 6) is 0. The van der Waals surface area contributed by atoms with E-state index in [0.29, 0.717) is 0 Å². The molecule has 0 unspecified atom stereocenters. The molecule has 0 heterocycles. The van der Waals surface area contributed by atoms with Gasteiger partial charge in [-0.2, -0.15) is 0 Å². The SMILES string of the molecule is C=C=C.CCCCCCCCCCCCCCCCCCN. The predicted molar refractivity (Wildman–Crippen MR) is 103 cm³/mol. The lowest BCUT2D eigenvalue weighted by atomic mass is 10.0. The molecule has 0 bridgehead atoms. The summed E-state index contributed by atoms with van der Waals surface area (Å²) >= 11 is 0. The Bertz CT molecular complexity index is 188. The number of hydrogen-bond donors (Lipinski definition) is 1. The Hall–Kier alpha value is -0.520. The summed E-state index contributed by atoms with van der Waals surface area (Å²) in [4.78, 5) is 0. The van der Waals surface area contributed by atoms with Crippen LogP contribution in [0.3, 0.4) is 0 Å². The molecule has 0 aromatic heterocycles. The first kappa shape index (κ1) is 23.7. The molecule has 1 nitrogen and oxygen atoms in total. The minimum Gasteiger partial charge on any atom is -0.330 e. The number of rotatable bonds is 16. The molecule has 2 N–H and O–H groups in total. The van der Waals surface area contributed by atoms with Crippen molar-refractivity contribution in [3.63, 3.8) is 0 Å². The van der Waals surface area contributed by atoms with Crippen LogP contribution in [0.15, 0.2) is 18.9 Å². The van der Waals surface area contributed by atoms with Gasteiger partial charge in [-0.1, -0.05) is 116 Å². The third-order valence-corrected chi connectivity index (χ3v) is 4.06. The van der Waals surface area contributed by atoms with E-state index >= 15 is 0 Å². The first-order valence-electron chi connectivity index (χ1n) is 9.82. The summed E-state index contributed by atoms with van der Waals surface area (Å²) in [6, 6.07) is 0. The Balaban J connectivity index is 0.